The second-order valence-electron chi connectivity index (χ2n) is 5.48. The molecule has 1 fully saturated rings. The van der Waals surface area contributed by atoms with Gasteiger partial charge in [-0.05, 0) is 31.7 Å². The highest BCUT2D eigenvalue weighted by molar-refractivity contribution is 5.04. The van der Waals surface area contributed by atoms with E-state index in [1.165, 1.54) is 25.7 Å². The van der Waals surface area contributed by atoms with Gasteiger partial charge in [0.05, 0.1) is 0 Å². The minimum Gasteiger partial charge on any atom is -0.312 e. The van der Waals surface area contributed by atoms with Crippen molar-refractivity contribution in [1.29, 1.82) is 0 Å². The maximum absolute atomic E-state index is 11.7. The van der Waals surface area contributed by atoms with Crippen LogP contribution in [0.25, 0.3) is 0 Å². The van der Waals surface area contributed by atoms with Crippen LogP contribution < -0.4 is 10.9 Å². The molecule has 0 bridgehead atoms. The average molecular weight is 248 g/mol. The van der Waals surface area contributed by atoms with Crippen molar-refractivity contribution in [2.45, 2.75) is 52.1 Å². The zero-order chi connectivity index (χ0) is 13.0. The number of aromatic nitrogens is 1. The van der Waals surface area contributed by atoms with Crippen LogP contribution in [0.2, 0.25) is 0 Å². The van der Waals surface area contributed by atoms with E-state index in [2.05, 4.69) is 12.2 Å². The third kappa shape index (κ3) is 3.22. The molecule has 1 aromatic rings. The highest BCUT2D eigenvalue weighted by Gasteiger charge is 2.20. The zero-order valence-corrected chi connectivity index (χ0v) is 11.5. The smallest absolute Gasteiger partial charge is 0.250 e. The van der Waals surface area contributed by atoms with E-state index in [1.54, 1.807) is 6.07 Å². The van der Waals surface area contributed by atoms with Gasteiger partial charge in [0, 0.05) is 30.9 Å². The summed E-state index contributed by atoms with van der Waals surface area (Å²) in [6.07, 6.45) is 5.33. The topological polar surface area (TPSA) is 34.0 Å². The molecule has 3 heteroatoms. The number of nitrogens with one attached hydrogen (secondary N) is 1. The van der Waals surface area contributed by atoms with Gasteiger partial charge in [-0.1, -0.05) is 25.8 Å². The van der Waals surface area contributed by atoms with E-state index >= 15 is 0 Å². The van der Waals surface area contributed by atoms with E-state index in [-0.39, 0.29) is 5.56 Å². The summed E-state index contributed by atoms with van der Waals surface area (Å²) in [5.41, 5.74) is 1.15. The van der Waals surface area contributed by atoms with Gasteiger partial charge in [0.15, 0.2) is 0 Å². The van der Waals surface area contributed by atoms with E-state index in [0.29, 0.717) is 6.04 Å². The molecular weight excluding hydrogens is 224 g/mol. The lowest BCUT2D eigenvalue weighted by Gasteiger charge is -2.29. The second kappa shape index (κ2) is 6.19. The van der Waals surface area contributed by atoms with Gasteiger partial charge in [-0.2, -0.15) is 0 Å². The molecule has 18 heavy (non-hydrogen) atoms. The van der Waals surface area contributed by atoms with Crippen molar-refractivity contribution < 1.29 is 0 Å². The number of hydrogen-bond acceptors (Lipinski definition) is 2. The Morgan fingerprint density at radius 2 is 2.11 bits per heavy atom. The Morgan fingerprint density at radius 1 is 1.33 bits per heavy atom. The Balaban J connectivity index is 1.86. The summed E-state index contributed by atoms with van der Waals surface area (Å²) in [4.78, 5) is 11.7. The van der Waals surface area contributed by atoms with E-state index < -0.39 is 0 Å². The lowest BCUT2D eigenvalue weighted by Crippen LogP contribution is -2.39. The van der Waals surface area contributed by atoms with Crippen LogP contribution in [0.4, 0.5) is 0 Å². The van der Waals surface area contributed by atoms with Crippen molar-refractivity contribution >= 4 is 0 Å². The van der Waals surface area contributed by atoms with Crippen molar-refractivity contribution in [2.75, 3.05) is 6.54 Å². The first kappa shape index (κ1) is 13.3. The van der Waals surface area contributed by atoms with Gasteiger partial charge in [-0.15, -0.1) is 0 Å². The van der Waals surface area contributed by atoms with E-state index in [9.17, 15) is 4.79 Å². The Morgan fingerprint density at radius 3 is 2.83 bits per heavy atom. The molecule has 0 aliphatic heterocycles. The van der Waals surface area contributed by atoms with Crippen molar-refractivity contribution in [3.05, 3.63) is 34.2 Å². The Hall–Kier alpha value is -1.09. The summed E-state index contributed by atoms with van der Waals surface area (Å²) in [7, 11) is 0. The quantitative estimate of drug-likeness (QED) is 0.887. The molecule has 1 aromatic heterocycles. The lowest BCUT2D eigenvalue weighted by molar-refractivity contribution is 0.278. The molecule has 3 nitrogen and oxygen atoms in total. The number of nitrogens with zero attached hydrogens (tertiary/aromatic N) is 1. The highest BCUT2D eigenvalue weighted by Crippen LogP contribution is 2.23. The summed E-state index contributed by atoms with van der Waals surface area (Å²) < 4.78 is 1.85. The van der Waals surface area contributed by atoms with Crippen LogP contribution in [0.5, 0.6) is 0 Å². The van der Waals surface area contributed by atoms with Gasteiger partial charge >= 0.3 is 0 Å². The first-order valence-corrected chi connectivity index (χ1v) is 7.08. The number of pyridine rings is 1. The van der Waals surface area contributed by atoms with Crippen molar-refractivity contribution in [3.8, 4) is 0 Å². The monoisotopic (exact) mass is 248 g/mol. The minimum atomic E-state index is 0.105. The SMILES string of the molecule is Cc1cccc(=O)n1CCNC1CCCCC1C. The molecule has 1 heterocycles. The standard InChI is InChI=1S/C15H24N2O/c1-12-6-3-4-8-14(12)16-10-11-17-13(2)7-5-9-15(17)18/h5,7,9,12,14,16H,3-4,6,8,10-11H2,1-2H3. The molecule has 0 amide bonds. The van der Waals surface area contributed by atoms with Gasteiger partial charge in [-0.25, -0.2) is 0 Å². The van der Waals surface area contributed by atoms with Gasteiger partial charge in [-0.3, -0.25) is 4.79 Å². The van der Waals surface area contributed by atoms with Crippen LogP contribution in [-0.4, -0.2) is 17.2 Å². The summed E-state index contributed by atoms with van der Waals surface area (Å²) in [6.45, 7) is 5.98. The first-order chi connectivity index (χ1) is 8.68. The fourth-order valence-corrected chi connectivity index (χ4v) is 2.89. The predicted octanol–water partition coefficient (Wildman–Crippen LogP) is 2.33. The molecular formula is C15H24N2O. The van der Waals surface area contributed by atoms with Crippen molar-refractivity contribution in [3.63, 3.8) is 0 Å². The van der Waals surface area contributed by atoms with Crippen molar-refractivity contribution in [2.24, 2.45) is 5.92 Å². The molecule has 0 radical (unpaired) electrons. The summed E-state index contributed by atoms with van der Waals surface area (Å²) in [6, 6.07) is 6.09. The number of rotatable bonds is 4. The molecule has 1 N–H and O–H groups in total. The largest absolute Gasteiger partial charge is 0.312 e. The van der Waals surface area contributed by atoms with E-state index in [1.807, 2.05) is 23.6 Å². The molecule has 2 unspecified atom stereocenters. The van der Waals surface area contributed by atoms with Gasteiger partial charge in [0.2, 0.25) is 0 Å². The highest BCUT2D eigenvalue weighted by atomic mass is 16.1. The maximum atomic E-state index is 11.7. The molecule has 100 valence electrons. The van der Waals surface area contributed by atoms with Crippen LogP contribution >= 0.6 is 0 Å². The van der Waals surface area contributed by atoms with Crippen molar-refractivity contribution in [1.82, 2.24) is 9.88 Å². The molecule has 2 atom stereocenters. The fourth-order valence-electron chi connectivity index (χ4n) is 2.89. The van der Waals surface area contributed by atoms with Crippen LogP contribution in [0.15, 0.2) is 23.0 Å². The maximum Gasteiger partial charge on any atom is 0.250 e. The molecule has 1 saturated carbocycles. The van der Waals surface area contributed by atoms with Crippen LogP contribution in [0.3, 0.4) is 0 Å². The molecule has 2 rings (SSSR count). The average Bonchev–Trinajstić information content (AvgIpc) is 2.35. The second-order valence-corrected chi connectivity index (χ2v) is 5.48. The number of aryl methyl sites for hydroxylation is 1. The van der Waals surface area contributed by atoms with Crippen LogP contribution in [0.1, 0.15) is 38.3 Å². The Labute approximate surface area is 109 Å². The van der Waals surface area contributed by atoms with E-state index in [0.717, 1.165) is 24.7 Å². The normalized spacial score (nSPS) is 24.1. The Kier molecular flexibility index (Phi) is 4.59. The van der Waals surface area contributed by atoms with Crippen LogP contribution in [-0.2, 0) is 6.54 Å². The number of hydrogen-bond donors (Lipinski definition) is 1. The molecule has 0 saturated heterocycles. The van der Waals surface area contributed by atoms with Crippen LogP contribution in [0, 0.1) is 12.8 Å². The minimum absolute atomic E-state index is 0.105. The summed E-state index contributed by atoms with van der Waals surface area (Å²) in [5.74, 6) is 0.771. The first-order valence-electron chi connectivity index (χ1n) is 7.08. The molecule has 1 aliphatic carbocycles. The molecule has 1 aliphatic rings. The summed E-state index contributed by atoms with van der Waals surface area (Å²) in [5, 5.41) is 3.61. The predicted molar refractivity (Wildman–Crippen MR) is 74.9 cm³/mol. The lowest BCUT2D eigenvalue weighted by atomic mass is 9.86. The van der Waals surface area contributed by atoms with E-state index in [4.69, 9.17) is 0 Å². The molecule has 0 aromatic carbocycles. The third-order valence-electron chi connectivity index (χ3n) is 4.12. The fraction of sp³-hybridized carbons (Fsp3) is 0.667. The van der Waals surface area contributed by atoms with Gasteiger partial charge < -0.3 is 9.88 Å². The summed E-state index contributed by atoms with van der Waals surface area (Å²) >= 11 is 0. The molecule has 0 spiro atoms. The van der Waals surface area contributed by atoms with Gasteiger partial charge in [0.25, 0.3) is 5.56 Å². The zero-order valence-electron chi connectivity index (χ0n) is 11.5. The Bertz CT molecular complexity index is 438. The van der Waals surface area contributed by atoms with Gasteiger partial charge in [0.1, 0.15) is 0 Å². The third-order valence-corrected chi connectivity index (χ3v) is 4.12.